The molecule has 1 fully saturated rings. The van der Waals surface area contributed by atoms with E-state index in [1.165, 1.54) is 27.8 Å². The van der Waals surface area contributed by atoms with Gasteiger partial charge >= 0.3 is 5.69 Å². The van der Waals surface area contributed by atoms with E-state index in [4.69, 9.17) is 0 Å². The largest absolute Gasteiger partial charge is 0.332 e. The van der Waals surface area contributed by atoms with Crippen LogP contribution in [0.25, 0.3) is 11.2 Å². The van der Waals surface area contributed by atoms with Gasteiger partial charge in [-0.25, -0.2) is 13.2 Å². The number of fused-ring (bicyclic) bond motifs is 1. The van der Waals surface area contributed by atoms with Crippen molar-refractivity contribution in [2.75, 3.05) is 6.26 Å². The van der Waals surface area contributed by atoms with Gasteiger partial charge in [0.2, 0.25) is 15.0 Å². The van der Waals surface area contributed by atoms with Crippen molar-refractivity contribution in [3.63, 3.8) is 0 Å². The van der Waals surface area contributed by atoms with Crippen LogP contribution < -0.4 is 11.2 Å². The second-order valence-corrected chi connectivity index (χ2v) is 7.51. The molecule has 0 N–H and O–H groups in total. The van der Waals surface area contributed by atoms with Gasteiger partial charge in [0.15, 0.2) is 11.2 Å². The van der Waals surface area contributed by atoms with E-state index in [0.29, 0.717) is 12.5 Å². The van der Waals surface area contributed by atoms with Gasteiger partial charge in [0.05, 0.1) is 0 Å². The zero-order valence-electron chi connectivity index (χ0n) is 12.0. The van der Waals surface area contributed by atoms with Gasteiger partial charge in [0.1, 0.15) is 0 Å². The molecular formula is C12H16N4O4S. The first-order chi connectivity index (χ1) is 9.71. The van der Waals surface area contributed by atoms with Crippen LogP contribution in [-0.4, -0.2) is 33.4 Å². The minimum atomic E-state index is -3.58. The van der Waals surface area contributed by atoms with Crippen molar-refractivity contribution in [3.8, 4) is 0 Å². The highest BCUT2D eigenvalue weighted by Gasteiger charge is 2.27. The quantitative estimate of drug-likeness (QED) is 0.743. The Kier molecular flexibility index (Phi) is 2.88. The van der Waals surface area contributed by atoms with Gasteiger partial charge in [0, 0.05) is 26.9 Å². The fraction of sp³-hybridized carbons (Fsp3) is 0.583. The second-order valence-electron chi connectivity index (χ2n) is 5.60. The summed E-state index contributed by atoms with van der Waals surface area (Å²) < 4.78 is 27.1. The van der Waals surface area contributed by atoms with Crippen LogP contribution >= 0.6 is 0 Å². The molecule has 0 saturated heterocycles. The highest BCUT2D eigenvalue weighted by molar-refractivity contribution is 7.90. The van der Waals surface area contributed by atoms with Crippen molar-refractivity contribution >= 4 is 21.0 Å². The number of aryl methyl sites for hydroxylation is 2. The fourth-order valence-electron chi connectivity index (χ4n) is 2.47. The average Bonchev–Trinajstić information content (AvgIpc) is 3.12. The van der Waals surface area contributed by atoms with Crippen LogP contribution in [0.2, 0.25) is 0 Å². The normalized spacial score (nSPS) is 15.8. The van der Waals surface area contributed by atoms with Crippen molar-refractivity contribution in [1.82, 2.24) is 18.7 Å². The van der Waals surface area contributed by atoms with Crippen molar-refractivity contribution in [1.29, 1.82) is 0 Å². The standard InChI is InChI=1S/C12H16N4O4S/c1-14-8-9(13-11(14)21(3,19)20)15(2)12(18)16(10(8)17)6-7-4-5-7/h7H,4-6H2,1-3H3. The molecule has 8 nitrogen and oxygen atoms in total. The maximum Gasteiger partial charge on any atom is 0.332 e. The van der Waals surface area contributed by atoms with E-state index < -0.39 is 21.1 Å². The van der Waals surface area contributed by atoms with Gasteiger partial charge in [-0.05, 0) is 18.8 Å². The lowest BCUT2D eigenvalue weighted by molar-refractivity contribution is 0.557. The van der Waals surface area contributed by atoms with Crippen LogP contribution in [0.15, 0.2) is 14.7 Å². The monoisotopic (exact) mass is 312 g/mol. The molecular weight excluding hydrogens is 296 g/mol. The first-order valence-corrected chi connectivity index (χ1v) is 8.47. The molecule has 114 valence electrons. The second kappa shape index (κ2) is 4.30. The lowest BCUT2D eigenvalue weighted by Crippen LogP contribution is -2.40. The number of hydrogen-bond acceptors (Lipinski definition) is 5. The molecule has 0 aliphatic heterocycles. The molecule has 0 spiro atoms. The van der Waals surface area contributed by atoms with Gasteiger partial charge in [-0.2, -0.15) is 4.98 Å². The van der Waals surface area contributed by atoms with Gasteiger partial charge in [0.25, 0.3) is 5.56 Å². The molecule has 3 rings (SSSR count). The molecule has 0 unspecified atom stereocenters. The van der Waals surface area contributed by atoms with Crippen molar-refractivity contribution in [2.24, 2.45) is 20.0 Å². The molecule has 0 aromatic carbocycles. The van der Waals surface area contributed by atoms with E-state index in [1.807, 2.05) is 0 Å². The third kappa shape index (κ3) is 2.11. The summed E-state index contributed by atoms with van der Waals surface area (Å²) >= 11 is 0. The Morgan fingerprint density at radius 1 is 1.19 bits per heavy atom. The van der Waals surface area contributed by atoms with Crippen LogP contribution in [0.4, 0.5) is 0 Å². The summed E-state index contributed by atoms with van der Waals surface area (Å²) in [4.78, 5) is 28.7. The lowest BCUT2D eigenvalue weighted by atomic mass is 10.4. The first kappa shape index (κ1) is 14.1. The van der Waals surface area contributed by atoms with Crippen molar-refractivity contribution in [2.45, 2.75) is 24.5 Å². The third-order valence-corrected chi connectivity index (χ3v) is 4.82. The van der Waals surface area contributed by atoms with Gasteiger partial charge in [-0.15, -0.1) is 0 Å². The average molecular weight is 312 g/mol. The molecule has 1 aliphatic rings. The molecule has 0 bridgehead atoms. The summed E-state index contributed by atoms with van der Waals surface area (Å²) in [5, 5.41) is -0.214. The Bertz CT molecular complexity index is 960. The SMILES string of the molecule is Cn1c(S(C)(=O)=O)nc2c1c(=O)n(CC1CC1)c(=O)n2C. The molecule has 9 heteroatoms. The zero-order valence-corrected chi connectivity index (χ0v) is 12.8. The van der Waals surface area contributed by atoms with E-state index in [0.717, 1.165) is 19.1 Å². The summed E-state index contributed by atoms with van der Waals surface area (Å²) in [5.74, 6) is 0.357. The maximum atomic E-state index is 12.5. The lowest BCUT2D eigenvalue weighted by Gasteiger charge is -2.07. The van der Waals surface area contributed by atoms with Crippen LogP contribution in [0.1, 0.15) is 12.8 Å². The Labute approximate surface area is 120 Å². The number of rotatable bonds is 3. The van der Waals surface area contributed by atoms with E-state index in [2.05, 4.69) is 4.98 Å². The summed E-state index contributed by atoms with van der Waals surface area (Å²) in [6.45, 7) is 0.376. The van der Waals surface area contributed by atoms with Gasteiger partial charge < -0.3 is 4.57 Å². The topological polar surface area (TPSA) is 96.0 Å². The number of nitrogens with zero attached hydrogens (tertiary/aromatic N) is 4. The predicted molar refractivity (Wildman–Crippen MR) is 76.0 cm³/mol. The van der Waals surface area contributed by atoms with Crippen LogP contribution in [0.5, 0.6) is 0 Å². The number of imidazole rings is 1. The van der Waals surface area contributed by atoms with E-state index in [-0.39, 0.29) is 16.3 Å². The third-order valence-electron chi connectivity index (χ3n) is 3.79. The highest BCUT2D eigenvalue weighted by Crippen LogP contribution is 2.29. The highest BCUT2D eigenvalue weighted by atomic mass is 32.2. The molecule has 2 aromatic heterocycles. The Morgan fingerprint density at radius 2 is 1.81 bits per heavy atom. The summed E-state index contributed by atoms with van der Waals surface area (Å²) in [6, 6.07) is 0. The molecule has 2 aromatic rings. The van der Waals surface area contributed by atoms with Crippen LogP contribution in [-0.2, 0) is 30.5 Å². The van der Waals surface area contributed by atoms with E-state index in [9.17, 15) is 18.0 Å². The van der Waals surface area contributed by atoms with Crippen LogP contribution in [0.3, 0.4) is 0 Å². The minimum Gasteiger partial charge on any atom is -0.312 e. The van der Waals surface area contributed by atoms with Crippen molar-refractivity contribution < 1.29 is 8.42 Å². The Morgan fingerprint density at radius 3 is 2.33 bits per heavy atom. The summed E-state index contributed by atoms with van der Waals surface area (Å²) in [5.41, 5.74) is -0.708. The molecule has 21 heavy (non-hydrogen) atoms. The summed E-state index contributed by atoms with van der Waals surface area (Å²) in [7, 11) is -0.613. The smallest absolute Gasteiger partial charge is 0.312 e. The first-order valence-electron chi connectivity index (χ1n) is 6.58. The molecule has 1 aliphatic carbocycles. The minimum absolute atomic E-state index is 0.0972. The van der Waals surface area contributed by atoms with Crippen LogP contribution in [0, 0.1) is 5.92 Å². The molecule has 2 heterocycles. The predicted octanol–water partition coefficient (Wildman–Crippen LogP) is -0.753. The van der Waals surface area contributed by atoms with Gasteiger partial charge in [-0.1, -0.05) is 0 Å². The fourth-order valence-corrected chi connectivity index (χ4v) is 3.32. The Hall–Kier alpha value is -1.90. The molecule has 0 atom stereocenters. The van der Waals surface area contributed by atoms with Crippen molar-refractivity contribution in [3.05, 3.63) is 20.8 Å². The Balaban J connectivity index is 2.42. The van der Waals surface area contributed by atoms with E-state index in [1.54, 1.807) is 0 Å². The molecule has 0 amide bonds. The number of sulfone groups is 1. The zero-order chi connectivity index (χ0) is 15.5. The van der Waals surface area contributed by atoms with Gasteiger partial charge in [-0.3, -0.25) is 13.9 Å². The number of hydrogen-bond donors (Lipinski definition) is 0. The number of aromatic nitrogens is 4. The summed E-state index contributed by atoms with van der Waals surface area (Å²) in [6.07, 6.45) is 3.04. The molecule has 0 radical (unpaired) electrons. The maximum absolute atomic E-state index is 12.5. The van der Waals surface area contributed by atoms with E-state index >= 15 is 0 Å². The molecule has 1 saturated carbocycles.